The molecule has 2 aromatic rings. The standard InChI is InChI=1S/C21H25Cl2N3O4S/c1-4-24-21(28)15(2)25(13-16-9-11-17(22)12-10-16)20(27)14-26(31(3,29)30)19-8-6-5-7-18(19)23/h5-12,15H,4,13-14H2,1-3H3,(H,24,28). The molecule has 2 amide bonds. The summed E-state index contributed by atoms with van der Waals surface area (Å²) in [5.41, 5.74) is 0.940. The van der Waals surface area contributed by atoms with E-state index in [-0.39, 0.29) is 23.2 Å². The first-order valence-corrected chi connectivity index (χ1v) is 12.2. The quantitative estimate of drug-likeness (QED) is 0.589. The first kappa shape index (κ1) is 25.0. The molecule has 31 heavy (non-hydrogen) atoms. The average molecular weight is 486 g/mol. The molecule has 0 aliphatic rings. The Morgan fingerprint density at radius 3 is 2.23 bits per heavy atom. The van der Waals surface area contributed by atoms with Crippen molar-refractivity contribution in [3.05, 3.63) is 64.1 Å². The van der Waals surface area contributed by atoms with Crippen molar-refractivity contribution in [1.82, 2.24) is 10.2 Å². The highest BCUT2D eigenvalue weighted by molar-refractivity contribution is 7.92. The highest BCUT2D eigenvalue weighted by Crippen LogP contribution is 2.27. The Morgan fingerprint density at radius 1 is 1.06 bits per heavy atom. The van der Waals surface area contributed by atoms with E-state index < -0.39 is 28.5 Å². The van der Waals surface area contributed by atoms with Crippen molar-refractivity contribution < 1.29 is 18.0 Å². The van der Waals surface area contributed by atoms with E-state index in [4.69, 9.17) is 23.2 Å². The molecule has 168 valence electrons. The Bertz CT molecular complexity index is 1030. The second kappa shape index (κ2) is 10.8. The Morgan fingerprint density at radius 2 is 1.68 bits per heavy atom. The van der Waals surface area contributed by atoms with E-state index in [0.29, 0.717) is 11.6 Å². The number of benzene rings is 2. The lowest BCUT2D eigenvalue weighted by Crippen LogP contribution is -2.51. The maximum absolute atomic E-state index is 13.3. The Hall–Kier alpha value is -2.29. The van der Waals surface area contributed by atoms with Gasteiger partial charge in [-0.15, -0.1) is 0 Å². The third-order valence-electron chi connectivity index (χ3n) is 4.58. The number of sulfonamides is 1. The monoisotopic (exact) mass is 485 g/mol. The van der Waals surface area contributed by atoms with Gasteiger partial charge in [0, 0.05) is 18.1 Å². The van der Waals surface area contributed by atoms with Crippen molar-refractivity contribution in [2.75, 3.05) is 23.7 Å². The smallest absolute Gasteiger partial charge is 0.244 e. The van der Waals surface area contributed by atoms with Crippen molar-refractivity contribution in [2.45, 2.75) is 26.4 Å². The van der Waals surface area contributed by atoms with Gasteiger partial charge >= 0.3 is 0 Å². The van der Waals surface area contributed by atoms with Crippen molar-refractivity contribution in [3.63, 3.8) is 0 Å². The van der Waals surface area contributed by atoms with E-state index in [1.54, 1.807) is 56.3 Å². The predicted molar refractivity (Wildman–Crippen MR) is 124 cm³/mol. The molecule has 2 aromatic carbocycles. The molecule has 0 saturated heterocycles. The van der Waals surface area contributed by atoms with Crippen LogP contribution in [0.25, 0.3) is 0 Å². The van der Waals surface area contributed by atoms with Crippen LogP contribution in [0.15, 0.2) is 48.5 Å². The number of amides is 2. The lowest BCUT2D eigenvalue weighted by molar-refractivity contribution is -0.139. The molecule has 0 heterocycles. The van der Waals surface area contributed by atoms with Crippen molar-refractivity contribution in [2.24, 2.45) is 0 Å². The molecule has 0 aliphatic heterocycles. The second-order valence-electron chi connectivity index (χ2n) is 6.94. The summed E-state index contributed by atoms with van der Waals surface area (Å²) in [6, 6.07) is 12.4. The number of rotatable bonds is 9. The summed E-state index contributed by atoms with van der Waals surface area (Å²) in [7, 11) is -3.82. The van der Waals surface area contributed by atoms with E-state index >= 15 is 0 Å². The van der Waals surface area contributed by atoms with E-state index in [1.807, 2.05) is 0 Å². The van der Waals surface area contributed by atoms with Crippen LogP contribution in [-0.4, -0.2) is 50.5 Å². The summed E-state index contributed by atoms with van der Waals surface area (Å²) < 4.78 is 25.8. The summed E-state index contributed by atoms with van der Waals surface area (Å²) in [5.74, 6) is -0.882. The van der Waals surface area contributed by atoms with Gasteiger partial charge in [0.05, 0.1) is 17.0 Å². The Labute approximate surface area is 193 Å². The third-order valence-corrected chi connectivity index (χ3v) is 6.28. The number of nitrogens with one attached hydrogen (secondary N) is 1. The fraction of sp³-hybridized carbons (Fsp3) is 0.333. The minimum absolute atomic E-state index is 0.106. The molecule has 0 saturated carbocycles. The fourth-order valence-electron chi connectivity index (χ4n) is 2.94. The van der Waals surface area contributed by atoms with E-state index in [9.17, 15) is 18.0 Å². The van der Waals surface area contributed by atoms with Crippen molar-refractivity contribution in [3.8, 4) is 0 Å². The molecule has 2 rings (SSSR count). The zero-order valence-electron chi connectivity index (χ0n) is 17.5. The van der Waals surface area contributed by atoms with Gasteiger partial charge in [-0.05, 0) is 43.7 Å². The van der Waals surface area contributed by atoms with Gasteiger partial charge in [0.1, 0.15) is 12.6 Å². The molecular weight excluding hydrogens is 461 g/mol. The molecule has 1 atom stereocenters. The molecule has 0 spiro atoms. The van der Waals surface area contributed by atoms with Gasteiger partial charge in [-0.25, -0.2) is 8.42 Å². The maximum Gasteiger partial charge on any atom is 0.244 e. The molecule has 0 aromatic heterocycles. The summed E-state index contributed by atoms with van der Waals surface area (Å²) in [6.07, 6.45) is 1.00. The summed E-state index contributed by atoms with van der Waals surface area (Å²) in [4.78, 5) is 27.1. The molecule has 0 fully saturated rings. The van der Waals surface area contributed by atoms with E-state index in [1.165, 1.54) is 11.0 Å². The Balaban J connectivity index is 2.38. The summed E-state index contributed by atoms with van der Waals surface area (Å²) in [5, 5.41) is 3.43. The SMILES string of the molecule is CCNC(=O)C(C)N(Cc1ccc(Cl)cc1)C(=O)CN(c1ccccc1Cl)S(C)(=O)=O. The third kappa shape index (κ3) is 6.85. The predicted octanol–water partition coefficient (Wildman–Crippen LogP) is 3.31. The lowest BCUT2D eigenvalue weighted by atomic mass is 10.1. The van der Waals surface area contributed by atoms with Gasteiger partial charge in [-0.2, -0.15) is 0 Å². The first-order valence-electron chi connectivity index (χ1n) is 9.58. The second-order valence-corrected chi connectivity index (χ2v) is 9.69. The average Bonchev–Trinajstić information content (AvgIpc) is 2.71. The molecular formula is C21H25Cl2N3O4S. The molecule has 7 nitrogen and oxygen atoms in total. The minimum Gasteiger partial charge on any atom is -0.355 e. The van der Waals surface area contributed by atoms with Crippen LogP contribution in [0.2, 0.25) is 10.0 Å². The number of halogens is 2. The van der Waals surface area contributed by atoms with E-state index in [2.05, 4.69) is 5.32 Å². The number of hydrogen-bond acceptors (Lipinski definition) is 4. The fourth-order valence-corrected chi connectivity index (χ4v) is 4.22. The topological polar surface area (TPSA) is 86.8 Å². The van der Waals surface area contributed by atoms with Crippen LogP contribution in [0, 0.1) is 0 Å². The number of likely N-dealkylation sites (N-methyl/N-ethyl adjacent to an activating group) is 1. The zero-order chi connectivity index (χ0) is 23.2. The largest absolute Gasteiger partial charge is 0.355 e. The van der Waals surface area contributed by atoms with Gasteiger partial charge in [0.25, 0.3) is 0 Å². The van der Waals surface area contributed by atoms with Crippen LogP contribution in [0.3, 0.4) is 0 Å². The van der Waals surface area contributed by atoms with Crippen molar-refractivity contribution >= 4 is 50.7 Å². The zero-order valence-corrected chi connectivity index (χ0v) is 19.8. The molecule has 0 radical (unpaired) electrons. The van der Waals surface area contributed by atoms with Crippen LogP contribution in [0.5, 0.6) is 0 Å². The number of carbonyl (C=O) groups is 2. The molecule has 1 N–H and O–H groups in total. The van der Waals surface area contributed by atoms with Crippen LogP contribution in [0.4, 0.5) is 5.69 Å². The van der Waals surface area contributed by atoms with Crippen LogP contribution < -0.4 is 9.62 Å². The van der Waals surface area contributed by atoms with Gasteiger partial charge in [-0.3, -0.25) is 13.9 Å². The first-order chi connectivity index (χ1) is 14.5. The summed E-state index contributed by atoms with van der Waals surface area (Å²) >= 11 is 12.1. The van der Waals surface area contributed by atoms with Crippen molar-refractivity contribution in [1.29, 1.82) is 0 Å². The number of nitrogens with zero attached hydrogens (tertiary/aromatic N) is 2. The Kier molecular flexibility index (Phi) is 8.73. The van der Waals surface area contributed by atoms with Crippen LogP contribution in [-0.2, 0) is 26.2 Å². The maximum atomic E-state index is 13.3. The van der Waals surface area contributed by atoms with Crippen LogP contribution in [0.1, 0.15) is 19.4 Å². The highest BCUT2D eigenvalue weighted by atomic mass is 35.5. The van der Waals surface area contributed by atoms with Gasteiger partial charge in [0.15, 0.2) is 0 Å². The molecule has 0 aliphatic carbocycles. The number of para-hydroxylation sites is 1. The molecule has 10 heteroatoms. The van der Waals surface area contributed by atoms with Gasteiger partial charge in [-0.1, -0.05) is 47.5 Å². The highest BCUT2D eigenvalue weighted by Gasteiger charge is 2.30. The normalized spacial score (nSPS) is 12.2. The molecule has 0 bridgehead atoms. The van der Waals surface area contributed by atoms with E-state index in [0.717, 1.165) is 16.1 Å². The lowest BCUT2D eigenvalue weighted by Gasteiger charge is -2.31. The van der Waals surface area contributed by atoms with Gasteiger partial charge < -0.3 is 10.2 Å². The van der Waals surface area contributed by atoms with Gasteiger partial charge in [0.2, 0.25) is 21.8 Å². The number of hydrogen-bond donors (Lipinski definition) is 1. The molecule has 1 unspecified atom stereocenters. The number of carbonyl (C=O) groups excluding carboxylic acids is 2. The summed E-state index contributed by atoms with van der Waals surface area (Å²) in [6.45, 7) is 3.38. The minimum atomic E-state index is -3.82. The number of anilines is 1. The van der Waals surface area contributed by atoms with Crippen LogP contribution >= 0.6 is 23.2 Å².